The van der Waals surface area contributed by atoms with Crippen molar-refractivity contribution in [3.05, 3.63) is 60.2 Å². The molecule has 138 valence electrons. The molecule has 3 N–H and O–H groups in total. The Kier molecular flexibility index (Phi) is 6.63. The lowest BCUT2D eigenvalue weighted by atomic mass is 10.2. The summed E-state index contributed by atoms with van der Waals surface area (Å²) in [5.41, 5.74) is 2.14. The first-order valence-electron chi connectivity index (χ1n) is 9.47. The van der Waals surface area contributed by atoms with Crippen LogP contribution in [0.1, 0.15) is 12.5 Å². The molecule has 0 spiro atoms. The molecule has 2 aromatic rings. The molecule has 5 nitrogen and oxygen atoms in total. The molecule has 3 rings (SSSR count). The maximum absolute atomic E-state index is 12.4. The Morgan fingerprint density at radius 2 is 1.62 bits per heavy atom. The molecule has 1 amide bonds. The van der Waals surface area contributed by atoms with Gasteiger partial charge in [-0.1, -0.05) is 42.5 Å². The third-order valence-electron chi connectivity index (χ3n) is 4.83. The fourth-order valence-corrected chi connectivity index (χ4v) is 3.47. The van der Waals surface area contributed by atoms with Crippen LogP contribution < -0.4 is 19.9 Å². The van der Waals surface area contributed by atoms with Gasteiger partial charge in [-0.25, -0.2) is 0 Å². The molecule has 5 heteroatoms. The third-order valence-corrected chi connectivity index (χ3v) is 4.83. The summed E-state index contributed by atoms with van der Waals surface area (Å²) >= 11 is 0. The standard InChI is InChI=1S/C21H27N3O2/c1-2-26-20-11-7-6-10-19(20)22-21(25)17-24-14-12-23(13-15-24)16-18-8-4-3-5-9-18/h3-11H,2,12-17H2,1H3,(H,22,25)/p+2. The van der Waals surface area contributed by atoms with Crippen LogP contribution in [0, 0.1) is 0 Å². The van der Waals surface area contributed by atoms with Gasteiger partial charge < -0.3 is 19.9 Å². The van der Waals surface area contributed by atoms with Gasteiger partial charge in [-0.05, 0) is 19.1 Å². The van der Waals surface area contributed by atoms with Crippen molar-refractivity contribution >= 4 is 11.6 Å². The smallest absolute Gasteiger partial charge is 0.279 e. The maximum Gasteiger partial charge on any atom is 0.279 e. The molecule has 0 aromatic heterocycles. The molecule has 0 aliphatic carbocycles. The van der Waals surface area contributed by atoms with Gasteiger partial charge >= 0.3 is 0 Å². The van der Waals surface area contributed by atoms with Gasteiger partial charge in [-0.3, -0.25) is 4.79 Å². The van der Waals surface area contributed by atoms with E-state index in [1.54, 1.807) is 4.90 Å². The molecule has 26 heavy (non-hydrogen) atoms. The van der Waals surface area contributed by atoms with E-state index in [9.17, 15) is 4.79 Å². The Hall–Kier alpha value is -2.37. The van der Waals surface area contributed by atoms with Gasteiger partial charge in [0, 0.05) is 5.56 Å². The minimum absolute atomic E-state index is 0.0543. The van der Waals surface area contributed by atoms with Gasteiger partial charge in [-0.15, -0.1) is 0 Å². The average Bonchev–Trinajstić information content (AvgIpc) is 2.66. The van der Waals surface area contributed by atoms with Crippen LogP contribution in [0.4, 0.5) is 5.69 Å². The Morgan fingerprint density at radius 3 is 2.35 bits per heavy atom. The van der Waals surface area contributed by atoms with Crippen molar-refractivity contribution in [3.8, 4) is 5.75 Å². The molecule has 1 fully saturated rings. The second-order valence-corrected chi connectivity index (χ2v) is 6.82. The van der Waals surface area contributed by atoms with E-state index in [1.807, 2.05) is 31.2 Å². The van der Waals surface area contributed by atoms with Crippen LogP contribution >= 0.6 is 0 Å². The zero-order valence-corrected chi connectivity index (χ0v) is 15.5. The highest BCUT2D eigenvalue weighted by Gasteiger charge is 2.25. The summed E-state index contributed by atoms with van der Waals surface area (Å²) in [6.07, 6.45) is 0. The number of ether oxygens (including phenoxy) is 1. The lowest BCUT2D eigenvalue weighted by Crippen LogP contribution is -3.28. The van der Waals surface area contributed by atoms with Gasteiger partial charge in [0.1, 0.15) is 38.5 Å². The molecule has 0 saturated carbocycles. The lowest BCUT2D eigenvalue weighted by Gasteiger charge is -2.29. The van der Waals surface area contributed by atoms with Gasteiger partial charge in [0.2, 0.25) is 0 Å². The van der Waals surface area contributed by atoms with E-state index < -0.39 is 0 Å². The van der Waals surface area contributed by atoms with Crippen molar-refractivity contribution in [1.82, 2.24) is 0 Å². The molecule has 2 aromatic carbocycles. The summed E-state index contributed by atoms with van der Waals surface area (Å²) in [6.45, 7) is 8.39. The number of hydrogen-bond acceptors (Lipinski definition) is 2. The van der Waals surface area contributed by atoms with Crippen molar-refractivity contribution in [1.29, 1.82) is 0 Å². The normalized spacial score (nSPS) is 19.7. The molecular formula is C21H29N3O2+2. The number of benzene rings is 2. The van der Waals surface area contributed by atoms with Crippen LogP contribution in [0.25, 0.3) is 0 Å². The van der Waals surface area contributed by atoms with E-state index in [1.165, 1.54) is 10.5 Å². The Labute approximate surface area is 155 Å². The fourth-order valence-electron chi connectivity index (χ4n) is 3.47. The highest BCUT2D eigenvalue weighted by molar-refractivity contribution is 5.92. The van der Waals surface area contributed by atoms with Crippen molar-refractivity contribution in [2.75, 3.05) is 44.6 Å². The molecular weight excluding hydrogens is 326 g/mol. The van der Waals surface area contributed by atoms with Crippen LogP contribution in [-0.4, -0.2) is 45.2 Å². The number of para-hydroxylation sites is 2. The van der Waals surface area contributed by atoms with Crippen LogP contribution in [0.3, 0.4) is 0 Å². The van der Waals surface area contributed by atoms with Gasteiger partial charge in [0.05, 0.1) is 12.3 Å². The number of quaternary nitrogens is 2. The van der Waals surface area contributed by atoms with Gasteiger partial charge in [0.25, 0.3) is 5.91 Å². The summed E-state index contributed by atoms with van der Waals surface area (Å²) < 4.78 is 5.57. The topological polar surface area (TPSA) is 47.2 Å². The summed E-state index contributed by atoms with van der Waals surface area (Å²) in [4.78, 5) is 15.4. The van der Waals surface area contributed by atoms with Crippen molar-refractivity contribution in [3.63, 3.8) is 0 Å². The quantitative estimate of drug-likeness (QED) is 0.655. The van der Waals surface area contributed by atoms with E-state index in [0.717, 1.165) is 44.2 Å². The van der Waals surface area contributed by atoms with Crippen molar-refractivity contribution in [2.24, 2.45) is 0 Å². The minimum Gasteiger partial charge on any atom is -0.492 e. The summed E-state index contributed by atoms with van der Waals surface area (Å²) in [5, 5.41) is 3.00. The molecule has 0 radical (unpaired) electrons. The van der Waals surface area contributed by atoms with Crippen LogP contribution in [0.2, 0.25) is 0 Å². The zero-order valence-electron chi connectivity index (χ0n) is 15.5. The number of anilines is 1. The number of hydrogen-bond donors (Lipinski definition) is 3. The predicted molar refractivity (Wildman–Crippen MR) is 103 cm³/mol. The number of carbonyl (C=O) groups excluding carboxylic acids is 1. The van der Waals surface area contributed by atoms with E-state index in [0.29, 0.717) is 13.2 Å². The van der Waals surface area contributed by atoms with Crippen molar-refractivity contribution < 1.29 is 19.3 Å². The Balaban J connectivity index is 1.45. The highest BCUT2D eigenvalue weighted by atomic mass is 16.5. The SMILES string of the molecule is CCOc1ccccc1NC(=O)C[NH+]1CC[NH+](Cc2ccccc2)CC1. The summed E-state index contributed by atoms with van der Waals surface area (Å²) in [7, 11) is 0. The Bertz CT molecular complexity index is 697. The van der Waals surface area contributed by atoms with E-state index >= 15 is 0 Å². The summed E-state index contributed by atoms with van der Waals surface area (Å²) in [6, 6.07) is 18.2. The predicted octanol–water partition coefficient (Wildman–Crippen LogP) is 0.00740. The highest BCUT2D eigenvalue weighted by Crippen LogP contribution is 2.23. The van der Waals surface area contributed by atoms with Crippen LogP contribution in [0.15, 0.2) is 54.6 Å². The first kappa shape index (κ1) is 18.4. The number of rotatable bonds is 7. The monoisotopic (exact) mass is 355 g/mol. The number of nitrogens with one attached hydrogen (secondary N) is 3. The summed E-state index contributed by atoms with van der Waals surface area (Å²) in [5.74, 6) is 0.786. The molecule has 1 aliphatic rings. The first-order chi connectivity index (χ1) is 12.7. The Morgan fingerprint density at radius 1 is 0.962 bits per heavy atom. The second kappa shape index (κ2) is 9.36. The number of amides is 1. The van der Waals surface area contributed by atoms with Gasteiger partial charge in [-0.2, -0.15) is 0 Å². The second-order valence-electron chi connectivity index (χ2n) is 6.82. The number of piperazine rings is 1. The van der Waals surface area contributed by atoms with Gasteiger partial charge in [0.15, 0.2) is 6.54 Å². The average molecular weight is 355 g/mol. The van der Waals surface area contributed by atoms with Crippen LogP contribution in [-0.2, 0) is 11.3 Å². The maximum atomic E-state index is 12.4. The van der Waals surface area contributed by atoms with E-state index in [2.05, 4.69) is 35.6 Å². The molecule has 1 saturated heterocycles. The molecule has 1 aliphatic heterocycles. The third kappa shape index (κ3) is 5.31. The molecule has 0 unspecified atom stereocenters. The van der Waals surface area contributed by atoms with Crippen molar-refractivity contribution in [2.45, 2.75) is 13.5 Å². The number of carbonyl (C=O) groups is 1. The molecule has 0 atom stereocenters. The van der Waals surface area contributed by atoms with E-state index in [4.69, 9.17) is 4.74 Å². The first-order valence-corrected chi connectivity index (χ1v) is 9.47. The zero-order chi connectivity index (χ0) is 18.2. The molecule has 1 heterocycles. The fraction of sp³-hybridized carbons (Fsp3) is 0.381. The lowest BCUT2D eigenvalue weighted by molar-refractivity contribution is -1.02. The van der Waals surface area contributed by atoms with Crippen LogP contribution in [0.5, 0.6) is 5.75 Å². The minimum atomic E-state index is 0.0543. The largest absolute Gasteiger partial charge is 0.492 e. The van der Waals surface area contributed by atoms with E-state index in [-0.39, 0.29) is 5.91 Å². The molecule has 0 bridgehead atoms.